The number of ketones is 1. The Morgan fingerprint density at radius 2 is 1.79 bits per heavy atom. The van der Waals surface area contributed by atoms with Crippen LogP contribution in [0.2, 0.25) is 5.02 Å². The summed E-state index contributed by atoms with van der Waals surface area (Å²) in [5, 5.41) is 22.0. The number of nitrogens with zero attached hydrogens (tertiary/aromatic N) is 1. The molecule has 1 aliphatic rings. The Hall–Kier alpha value is -3.77. The summed E-state index contributed by atoms with van der Waals surface area (Å²) in [6, 6.07) is 18.0. The molecule has 3 aromatic rings. The number of aryl methyl sites for hydroxylation is 1. The highest BCUT2D eigenvalue weighted by molar-refractivity contribution is 6.46. The topological polar surface area (TPSA) is 87.1 Å². The maximum absolute atomic E-state index is 13.2. The fourth-order valence-electron chi connectivity index (χ4n) is 4.20. The number of carbonyl (C=O) groups excluding carboxylic acids is 2. The Morgan fingerprint density at radius 1 is 1.06 bits per heavy atom. The predicted octanol–water partition coefficient (Wildman–Crippen LogP) is 5.03. The highest BCUT2D eigenvalue weighted by Gasteiger charge is 2.46. The molecule has 1 aliphatic heterocycles. The minimum absolute atomic E-state index is 0.00562. The maximum Gasteiger partial charge on any atom is 0.295 e. The molecular weight excluding hydrogens is 454 g/mol. The van der Waals surface area contributed by atoms with Gasteiger partial charge in [0.05, 0.1) is 24.3 Å². The van der Waals surface area contributed by atoms with Crippen LogP contribution in [0.5, 0.6) is 11.5 Å². The lowest BCUT2D eigenvalue weighted by Crippen LogP contribution is -2.31. The number of amides is 1. The van der Waals surface area contributed by atoms with Gasteiger partial charge < -0.3 is 19.8 Å². The van der Waals surface area contributed by atoms with E-state index in [-0.39, 0.29) is 23.6 Å². The molecule has 1 unspecified atom stereocenters. The molecule has 4 rings (SSSR count). The summed E-state index contributed by atoms with van der Waals surface area (Å²) < 4.78 is 5.39. The van der Waals surface area contributed by atoms with Crippen LogP contribution in [-0.4, -0.2) is 40.5 Å². The van der Waals surface area contributed by atoms with Crippen LogP contribution in [0.4, 0.5) is 0 Å². The standard InChI is InChI=1S/C27H24ClNO5/c1-16-6-11-22(34-2)21(14-16)25(31)23-24(18-4-3-5-20(30)15-18)29(27(33)26(23)32)13-12-17-7-9-19(28)10-8-17/h3-11,14-15,24,30-31H,12-13H2,1-2H3/b25-23+. The highest BCUT2D eigenvalue weighted by Crippen LogP contribution is 2.41. The van der Waals surface area contributed by atoms with E-state index in [0.717, 1.165) is 11.1 Å². The fourth-order valence-corrected chi connectivity index (χ4v) is 4.33. The van der Waals surface area contributed by atoms with Crippen molar-refractivity contribution in [3.63, 3.8) is 0 Å². The molecule has 174 valence electrons. The van der Waals surface area contributed by atoms with E-state index in [4.69, 9.17) is 16.3 Å². The van der Waals surface area contributed by atoms with Crippen LogP contribution < -0.4 is 4.74 Å². The molecule has 0 aliphatic carbocycles. The number of hydrogen-bond acceptors (Lipinski definition) is 5. The molecule has 1 atom stereocenters. The second kappa shape index (κ2) is 9.61. The molecule has 0 bridgehead atoms. The predicted molar refractivity (Wildman–Crippen MR) is 130 cm³/mol. The van der Waals surface area contributed by atoms with Crippen LogP contribution in [0.25, 0.3) is 5.76 Å². The summed E-state index contributed by atoms with van der Waals surface area (Å²) in [6.45, 7) is 2.09. The number of aromatic hydroxyl groups is 1. The van der Waals surface area contributed by atoms with Crippen LogP contribution in [-0.2, 0) is 16.0 Å². The van der Waals surface area contributed by atoms with Gasteiger partial charge in [-0.1, -0.05) is 47.5 Å². The molecule has 0 aromatic heterocycles. The lowest BCUT2D eigenvalue weighted by Gasteiger charge is -2.25. The molecule has 1 fully saturated rings. The highest BCUT2D eigenvalue weighted by atomic mass is 35.5. The maximum atomic E-state index is 13.2. The van der Waals surface area contributed by atoms with E-state index < -0.39 is 17.7 Å². The van der Waals surface area contributed by atoms with Crippen molar-refractivity contribution in [2.45, 2.75) is 19.4 Å². The van der Waals surface area contributed by atoms with Crippen LogP contribution in [0.3, 0.4) is 0 Å². The Kier molecular flexibility index (Phi) is 6.61. The number of halogens is 1. The summed E-state index contributed by atoms with van der Waals surface area (Å²) >= 11 is 5.97. The van der Waals surface area contributed by atoms with Crippen molar-refractivity contribution in [2.75, 3.05) is 13.7 Å². The van der Waals surface area contributed by atoms with Crippen molar-refractivity contribution in [3.8, 4) is 11.5 Å². The van der Waals surface area contributed by atoms with Crippen molar-refractivity contribution in [3.05, 3.63) is 99.6 Å². The molecule has 1 saturated heterocycles. The third-order valence-electron chi connectivity index (χ3n) is 5.89. The number of phenols is 1. The smallest absolute Gasteiger partial charge is 0.295 e. The van der Waals surface area contributed by atoms with Gasteiger partial charge in [0.1, 0.15) is 17.3 Å². The summed E-state index contributed by atoms with van der Waals surface area (Å²) in [5.41, 5.74) is 2.59. The van der Waals surface area contributed by atoms with Crippen molar-refractivity contribution in [2.24, 2.45) is 0 Å². The Labute approximate surface area is 202 Å². The number of aliphatic hydroxyl groups excluding tert-OH is 1. The number of aliphatic hydroxyl groups is 1. The SMILES string of the molecule is COc1ccc(C)cc1/C(O)=C1\C(=O)C(=O)N(CCc2ccc(Cl)cc2)C1c1cccc(O)c1. The van der Waals surface area contributed by atoms with Gasteiger partial charge in [-0.15, -0.1) is 0 Å². The van der Waals surface area contributed by atoms with Gasteiger partial charge in [0.15, 0.2) is 0 Å². The summed E-state index contributed by atoms with van der Waals surface area (Å²) in [4.78, 5) is 27.8. The summed E-state index contributed by atoms with van der Waals surface area (Å²) in [5.74, 6) is -1.44. The average molecular weight is 478 g/mol. The number of phenolic OH excluding ortho intramolecular Hbond substituents is 1. The Balaban J connectivity index is 1.82. The molecule has 2 N–H and O–H groups in total. The van der Waals surface area contributed by atoms with Crippen molar-refractivity contribution < 1.29 is 24.5 Å². The minimum atomic E-state index is -0.871. The number of hydrogen-bond donors (Lipinski definition) is 2. The number of ether oxygens (including phenoxy) is 1. The first-order valence-electron chi connectivity index (χ1n) is 10.8. The van der Waals surface area contributed by atoms with E-state index in [1.54, 1.807) is 36.4 Å². The number of likely N-dealkylation sites (tertiary alicyclic amines) is 1. The minimum Gasteiger partial charge on any atom is -0.508 e. The molecule has 0 saturated carbocycles. The average Bonchev–Trinajstić information content (AvgIpc) is 3.08. The van der Waals surface area contributed by atoms with Gasteiger partial charge in [0.25, 0.3) is 11.7 Å². The Bertz CT molecular complexity index is 1280. The molecule has 34 heavy (non-hydrogen) atoms. The first kappa shape index (κ1) is 23.4. The molecule has 1 heterocycles. The quantitative estimate of drug-likeness (QED) is 0.295. The molecule has 0 radical (unpaired) electrons. The van der Waals surface area contributed by atoms with E-state index >= 15 is 0 Å². The first-order chi connectivity index (χ1) is 16.3. The van der Waals surface area contributed by atoms with Gasteiger partial charge >= 0.3 is 0 Å². The zero-order valence-corrected chi connectivity index (χ0v) is 19.5. The largest absolute Gasteiger partial charge is 0.508 e. The van der Waals surface area contributed by atoms with Crippen LogP contribution >= 0.6 is 11.6 Å². The van der Waals surface area contributed by atoms with Crippen molar-refractivity contribution >= 4 is 29.1 Å². The van der Waals surface area contributed by atoms with Gasteiger partial charge in [-0.3, -0.25) is 9.59 Å². The van der Waals surface area contributed by atoms with Crippen LogP contribution in [0.15, 0.2) is 72.3 Å². The molecule has 6 nitrogen and oxygen atoms in total. The number of rotatable bonds is 6. The van der Waals surface area contributed by atoms with Gasteiger partial charge in [-0.25, -0.2) is 0 Å². The van der Waals surface area contributed by atoms with Crippen LogP contribution in [0, 0.1) is 6.92 Å². The number of Topliss-reactive ketones (excluding diaryl/α,β-unsaturated/α-hetero) is 1. The molecule has 3 aromatic carbocycles. The molecule has 1 amide bonds. The first-order valence-corrected chi connectivity index (χ1v) is 11.1. The molecule has 7 heteroatoms. The third kappa shape index (κ3) is 4.50. The Morgan fingerprint density at radius 3 is 2.47 bits per heavy atom. The van der Waals surface area contributed by atoms with Crippen molar-refractivity contribution in [1.29, 1.82) is 0 Å². The number of benzene rings is 3. The summed E-state index contributed by atoms with van der Waals surface area (Å²) in [6.07, 6.45) is 0.479. The number of methoxy groups -OCH3 is 1. The molecule has 0 spiro atoms. The second-order valence-electron chi connectivity index (χ2n) is 8.17. The van der Waals surface area contributed by atoms with E-state index in [0.29, 0.717) is 28.3 Å². The summed E-state index contributed by atoms with van der Waals surface area (Å²) in [7, 11) is 1.47. The van der Waals surface area contributed by atoms with Gasteiger partial charge in [0.2, 0.25) is 0 Å². The van der Waals surface area contributed by atoms with E-state index in [2.05, 4.69) is 0 Å². The lowest BCUT2D eigenvalue weighted by atomic mass is 9.94. The van der Waals surface area contributed by atoms with Gasteiger partial charge in [-0.2, -0.15) is 0 Å². The lowest BCUT2D eigenvalue weighted by molar-refractivity contribution is -0.139. The van der Waals surface area contributed by atoms with Gasteiger partial charge in [0, 0.05) is 11.6 Å². The fraction of sp³-hybridized carbons (Fsp3) is 0.185. The van der Waals surface area contributed by atoms with Gasteiger partial charge in [-0.05, 0) is 60.9 Å². The van der Waals surface area contributed by atoms with E-state index in [1.165, 1.54) is 24.1 Å². The molecular formula is C27H24ClNO5. The normalized spacial score (nSPS) is 17.3. The van der Waals surface area contributed by atoms with Crippen molar-refractivity contribution in [1.82, 2.24) is 4.90 Å². The second-order valence-corrected chi connectivity index (χ2v) is 8.60. The third-order valence-corrected chi connectivity index (χ3v) is 6.14. The van der Waals surface area contributed by atoms with Crippen LogP contribution in [0.1, 0.15) is 28.3 Å². The zero-order valence-electron chi connectivity index (χ0n) is 18.8. The van der Waals surface area contributed by atoms with E-state index in [1.807, 2.05) is 25.1 Å². The number of carbonyl (C=O) groups is 2. The monoisotopic (exact) mass is 477 g/mol. The zero-order chi connectivity index (χ0) is 24.4. The van der Waals surface area contributed by atoms with E-state index in [9.17, 15) is 19.8 Å².